The average molecular weight is 159 g/mol. The highest BCUT2D eigenvalue weighted by Crippen LogP contribution is 2.14. The maximum Gasteiger partial charge on any atom is 0.219 e. The fraction of sp³-hybridized carbons (Fsp3) is 0.100. The van der Waals surface area contributed by atoms with Crippen LogP contribution in [0.2, 0.25) is 0 Å². The molecule has 1 aromatic carbocycles. The Labute approximate surface area is 70.5 Å². The van der Waals surface area contributed by atoms with Gasteiger partial charge in [-0.15, -0.1) is 0 Å². The first-order chi connectivity index (χ1) is 5.90. The second-order valence-electron chi connectivity index (χ2n) is 2.52. The van der Waals surface area contributed by atoms with E-state index in [0.717, 1.165) is 11.1 Å². The number of fused-ring (bicyclic) bond motifs is 1. The second-order valence-corrected chi connectivity index (χ2v) is 2.52. The summed E-state index contributed by atoms with van der Waals surface area (Å²) in [6.07, 6.45) is 3.75. The van der Waals surface area contributed by atoms with E-state index < -0.39 is 0 Å². The number of aromatic nitrogens is 1. The fourth-order valence-electron chi connectivity index (χ4n) is 1.10. The lowest BCUT2D eigenvalue weighted by Gasteiger charge is -1.79. The first-order valence-corrected chi connectivity index (χ1v) is 3.88. The van der Waals surface area contributed by atoms with Gasteiger partial charge in [0.25, 0.3) is 0 Å². The Balaban J connectivity index is 2.62. The standard InChI is InChI=1S/C10H9NO/c1-2-5-10-11-8-6-3-4-7-9(8)12-10/h2-7H,1H3. The van der Waals surface area contributed by atoms with Gasteiger partial charge in [0.05, 0.1) is 0 Å². The highest BCUT2D eigenvalue weighted by molar-refractivity contribution is 5.73. The predicted molar refractivity (Wildman–Crippen MR) is 48.7 cm³/mol. The minimum absolute atomic E-state index is 0.665. The van der Waals surface area contributed by atoms with Crippen LogP contribution in [-0.4, -0.2) is 4.98 Å². The van der Waals surface area contributed by atoms with Crippen LogP contribution >= 0.6 is 0 Å². The summed E-state index contributed by atoms with van der Waals surface area (Å²) < 4.78 is 5.41. The zero-order valence-electron chi connectivity index (χ0n) is 6.82. The number of rotatable bonds is 1. The van der Waals surface area contributed by atoms with Crippen molar-refractivity contribution in [1.29, 1.82) is 0 Å². The van der Waals surface area contributed by atoms with Gasteiger partial charge in [-0.1, -0.05) is 18.2 Å². The maximum atomic E-state index is 5.41. The van der Waals surface area contributed by atoms with Gasteiger partial charge in [0.15, 0.2) is 5.58 Å². The SMILES string of the molecule is CC=Cc1nc2ccccc2o1. The van der Waals surface area contributed by atoms with Gasteiger partial charge in [-0.2, -0.15) is 0 Å². The van der Waals surface area contributed by atoms with E-state index in [2.05, 4.69) is 4.98 Å². The molecular weight excluding hydrogens is 150 g/mol. The molecule has 2 aromatic rings. The monoisotopic (exact) mass is 159 g/mol. The van der Waals surface area contributed by atoms with Crippen molar-refractivity contribution in [2.75, 3.05) is 0 Å². The summed E-state index contributed by atoms with van der Waals surface area (Å²) in [5.74, 6) is 0.665. The zero-order chi connectivity index (χ0) is 8.39. The van der Waals surface area contributed by atoms with Crippen LogP contribution in [0, 0.1) is 0 Å². The third-order valence-corrected chi connectivity index (χ3v) is 1.62. The molecule has 0 N–H and O–H groups in total. The molecule has 2 nitrogen and oxygen atoms in total. The lowest BCUT2D eigenvalue weighted by molar-refractivity contribution is 0.589. The minimum atomic E-state index is 0.665. The number of oxazole rings is 1. The third kappa shape index (κ3) is 1.11. The molecule has 0 bridgehead atoms. The van der Waals surface area contributed by atoms with E-state index in [0.29, 0.717) is 5.89 Å². The van der Waals surface area contributed by atoms with Crippen molar-refractivity contribution in [3.63, 3.8) is 0 Å². The number of para-hydroxylation sites is 2. The largest absolute Gasteiger partial charge is 0.437 e. The molecule has 2 heteroatoms. The molecule has 0 aliphatic carbocycles. The smallest absolute Gasteiger partial charge is 0.219 e. The Morgan fingerprint density at radius 2 is 2.17 bits per heavy atom. The fourth-order valence-corrected chi connectivity index (χ4v) is 1.10. The first-order valence-electron chi connectivity index (χ1n) is 3.88. The number of benzene rings is 1. The van der Waals surface area contributed by atoms with Crippen LogP contribution in [0.25, 0.3) is 17.2 Å². The van der Waals surface area contributed by atoms with Crippen LogP contribution < -0.4 is 0 Å². The summed E-state index contributed by atoms with van der Waals surface area (Å²) >= 11 is 0. The van der Waals surface area contributed by atoms with Crippen LogP contribution in [-0.2, 0) is 0 Å². The summed E-state index contributed by atoms with van der Waals surface area (Å²) in [5, 5.41) is 0. The summed E-state index contributed by atoms with van der Waals surface area (Å²) in [6, 6.07) is 7.73. The molecule has 12 heavy (non-hydrogen) atoms. The van der Waals surface area contributed by atoms with E-state index in [1.165, 1.54) is 0 Å². The molecule has 0 radical (unpaired) electrons. The van der Waals surface area contributed by atoms with Crippen molar-refractivity contribution < 1.29 is 4.42 Å². The molecule has 1 aromatic heterocycles. The van der Waals surface area contributed by atoms with Gasteiger partial charge in [0.2, 0.25) is 5.89 Å². The molecule has 1 heterocycles. The molecule has 0 saturated carbocycles. The maximum absolute atomic E-state index is 5.41. The average Bonchev–Trinajstić information content (AvgIpc) is 2.47. The number of hydrogen-bond donors (Lipinski definition) is 0. The van der Waals surface area contributed by atoms with Gasteiger partial charge >= 0.3 is 0 Å². The molecule has 0 aliphatic rings. The molecule has 0 fully saturated rings. The number of hydrogen-bond acceptors (Lipinski definition) is 2. The Morgan fingerprint density at radius 1 is 1.33 bits per heavy atom. The normalized spacial score (nSPS) is 11.4. The topological polar surface area (TPSA) is 26.0 Å². The van der Waals surface area contributed by atoms with E-state index in [4.69, 9.17) is 4.42 Å². The van der Waals surface area contributed by atoms with Crippen molar-refractivity contribution in [3.05, 3.63) is 36.2 Å². The first kappa shape index (κ1) is 7.10. The van der Waals surface area contributed by atoms with E-state index in [9.17, 15) is 0 Å². The highest BCUT2D eigenvalue weighted by atomic mass is 16.3. The zero-order valence-corrected chi connectivity index (χ0v) is 6.82. The predicted octanol–water partition coefficient (Wildman–Crippen LogP) is 2.86. The third-order valence-electron chi connectivity index (χ3n) is 1.62. The van der Waals surface area contributed by atoms with Gasteiger partial charge < -0.3 is 4.42 Å². The highest BCUT2D eigenvalue weighted by Gasteiger charge is 1.99. The van der Waals surface area contributed by atoms with Gasteiger partial charge in [-0.25, -0.2) is 4.98 Å². The second kappa shape index (κ2) is 2.81. The molecule has 0 atom stereocenters. The van der Waals surface area contributed by atoms with E-state index >= 15 is 0 Å². The van der Waals surface area contributed by atoms with Crippen LogP contribution in [0.5, 0.6) is 0 Å². The Bertz CT molecular complexity index is 381. The Morgan fingerprint density at radius 3 is 2.92 bits per heavy atom. The molecule has 0 amide bonds. The van der Waals surface area contributed by atoms with Crippen LogP contribution in [0.4, 0.5) is 0 Å². The van der Waals surface area contributed by atoms with E-state index in [1.54, 1.807) is 0 Å². The van der Waals surface area contributed by atoms with Gasteiger partial charge in [0, 0.05) is 0 Å². The molecule has 0 aliphatic heterocycles. The molecular formula is C10H9NO. The molecule has 0 spiro atoms. The summed E-state index contributed by atoms with van der Waals surface area (Å²) in [6.45, 7) is 1.94. The molecule has 2 rings (SSSR count). The Kier molecular flexibility index (Phi) is 1.67. The van der Waals surface area contributed by atoms with Crippen LogP contribution in [0.3, 0.4) is 0 Å². The quantitative estimate of drug-likeness (QED) is 0.639. The van der Waals surface area contributed by atoms with E-state index in [1.807, 2.05) is 43.3 Å². The number of allylic oxidation sites excluding steroid dienone is 1. The van der Waals surface area contributed by atoms with Crippen LogP contribution in [0.1, 0.15) is 12.8 Å². The molecule has 60 valence electrons. The van der Waals surface area contributed by atoms with Crippen molar-refractivity contribution >= 4 is 17.2 Å². The van der Waals surface area contributed by atoms with Crippen LogP contribution in [0.15, 0.2) is 34.8 Å². The van der Waals surface area contributed by atoms with Gasteiger partial charge in [-0.05, 0) is 25.1 Å². The lowest BCUT2D eigenvalue weighted by Crippen LogP contribution is -1.66. The minimum Gasteiger partial charge on any atom is -0.437 e. The van der Waals surface area contributed by atoms with Gasteiger partial charge in [-0.3, -0.25) is 0 Å². The number of nitrogens with zero attached hydrogens (tertiary/aromatic N) is 1. The summed E-state index contributed by atoms with van der Waals surface area (Å²) in [7, 11) is 0. The van der Waals surface area contributed by atoms with E-state index in [-0.39, 0.29) is 0 Å². The molecule has 0 unspecified atom stereocenters. The van der Waals surface area contributed by atoms with Crippen molar-refractivity contribution in [2.45, 2.75) is 6.92 Å². The van der Waals surface area contributed by atoms with Crippen molar-refractivity contribution in [2.24, 2.45) is 0 Å². The summed E-state index contributed by atoms with van der Waals surface area (Å²) in [5.41, 5.74) is 1.75. The van der Waals surface area contributed by atoms with Gasteiger partial charge in [0.1, 0.15) is 5.52 Å². The van der Waals surface area contributed by atoms with Crippen molar-refractivity contribution in [3.8, 4) is 0 Å². The Hall–Kier alpha value is -1.57. The molecule has 0 saturated heterocycles. The van der Waals surface area contributed by atoms with Crippen molar-refractivity contribution in [1.82, 2.24) is 4.98 Å². The summed E-state index contributed by atoms with van der Waals surface area (Å²) in [4.78, 5) is 4.25. The lowest BCUT2D eigenvalue weighted by atomic mass is 10.3.